The SMILES string of the molecule is Cc1nccn1-c1ccc(C(=O)N(C2CC2)[C@@H]2CCN(c3ccc(C(F)(F)F)cn3)C[C@@H]2F)cn1. The maximum absolute atomic E-state index is 15.4. The molecular formula is C24H24F4N6O. The topological polar surface area (TPSA) is 67.2 Å². The molecule has 1 saturated heterocycles. The monoisotopic (exact) mass is 488 g/mol. The van der Waals surface area contributed by atoms with E-state index in [-0.39, 0.29) is 24.3 Å². The lowest BCUT2D eigenvalue weighted by atomic mass is 9.99. The van der Waals surface area contributed by atoms with Crippen LogP contribution >= 0.6 is 0 Å². The van der Waals surface area contributed by atoms with Crippen molar-refractivity contribution in [3.63, 3.8) is 0 Å². The fraction of sp³-hybridized carbons (Fsp3) is 0.417. The first-order valence-corrected chi connectivity index (χ1v) is 11.4. The lowest BCUT2D eigenvalue weighted by Crippen LogP contribution is -2.55. The van der Waals surface area contributed by atoms with Crippen molar-refractivity contribution in [2.24, 2.45) is 0 Å². The van der Waals surface area contributed by atoms with Crippen LogP contribution in [-0.2, 0) is 6.18 Å². The molecule has 0 aromatic carbocycles. The van der Waals surface area contributed by atoms with E-state index in [0.29, 0.717) is 24.3 Å². The summed E-state index contributed by atoms with van der Waals surface area (Å²) in [5.74, 6) is 1.43. The molecule has 1 aliphatic carbocycles. The molecule has 2 aliphatic rings. The van der Waals surface area contributed by atoms with Crippen molar-refractivity contribution in [1.82, 2.24) is 24.4 Å². The van der Waals surface area contributed by atoms with E-state index in [1.165, 1.54) is 12.3 Å². The number of carbonyl (C=O) groups is 1. The summed E-state index contributed by atoms with van der Waals surface area (Å²) < 4.78 is 55.6. The molecule has 1 amide bonds. The Morgan fingerprint density at radius 2 is 1.77 bits per heavy atom. The number of rotatable bonds is 5. The van der Waals surface area contributed by atoms with Crippen LogP contribution in [0.1, 0.15) is 41.0 Å². The van der Waals surface area contributed by atoms with E-state index in [9.17, 15) is 18.0 Å². The van der Waals surface area contributed by atoms with E-state index in [4.69, 9.17) is 0 Å². The van der Waals surface area contributed by atoms with Gasteiger partial charge in [0.2, 0.25) is 0 Å². The highest BCUT2D eigenvalue weighted by Gasteiger charge is 2.43. The third-order valence-electron chi connectivity index (χ3n) is 6.51. The van der Waals surface area contributed by atoms with Crippen LogP contribution in [0.5, 0.6) is 0 Å². The molecule has 0 bridgehead atoms. The zero-order valence-electron chi connectivity index (χ0n) is 19.0. The van der Waals surface area contributed by atoms with Crippen LogP contribution in [0.15, 0.2) is 49.1 Å². The number of aromatic nitrogens is 4. The first kappa shape index (κ1) is 23.3. The number of nitrogens with zero attached hydrogens (tertiary/aromatic N) is 6. The molecule has 2 fully saturated rings. The zero-order chi connectivity index (χ0) is 24.7. The highest BCUT2D eigenvalue weighted by Crippen LogP contribution is 2.35. The number of aryl methyl sites for hydroxylation is 1. The Kier molecular flexibility index (Phi) is 5.94. The zero-order valence-corrected chi connectivity index (χ0v) is 19.0. The smallest absolute Gasteiger partial charge is 0.354 e. The van der Waals surface area contributed by atoms with Gasteiger partial charge in [-0.15, -0.1) is 0 Å². The number of hydrogen-bond acceptors (Lipinski definition) is 5. The van der Waals surface area contributed by atoms with Gasteiger partial charge in [0.1, 0.15) is 23.6 Å². The van der Waals surface area contributed by atoms with Gasteiger partial charge in [-0.05, 0) is 50.5 Å². The highest BCUT2D eigenvalue weighted by molar-refractivity contribution is 5.94. The van der Waals surface area contributed by atoms with Gasteiger partial charge < -0.3 is 9.80 Å². The first-order chi connectivity index (χ1) is 16.7. The fourth-order valence-electron chi connectivity index (χ4n) is 4.52. The number of pyridine rings is 2. The third-order valence-corrected chi connectivity index (χ3v) is 6.51. The number of carbonyl (C=O) groups excluding carboxylic acids is 1. The molecule has 11 heteroatoms. The lowest BCUT2D eigenvalue weighted by molar-refractivity contribution is -0.137. The van der Waals surface area contributed by atoms with Gasteiger partial charge in [0.25, 0.3) is 5.91 Å². The molecule has 0 radical (unpaired) electrons. The molecule has 0 unspecified atom stereocenters. The molecule has 0 spiro atoms. The Bertz CT molecular complexity index is 1190. The first-order valence-electron chi connectivity index (χ1n) is 11.4. The molecule has 3 aromatic heterocycles. The number of anilines is 1. The second-order valence-corrected chi connectivity index (χ2v) is 8.91. The van der Waals surface area contributed by atoms with Crippen LogP contribution in [0.25, 0.3) is 5.82 Å². The Labute approximate surface area is 199 Å². The molecular weight excluding hydrogens is 464 g/mol. The summed E-state index contributed by atoms with van der Waals surface area (Å²) in [4.78, 5) is 29.1. The summed E-state index contributed by atoms with van der Waals surface area (Å²) in [6.07, 6.45) is 1.86. The van der Waals surface area contributed by atoms with E-state index >= 15 is 4.39 Å². The predicted octanol–water partition coefficient (Wildman–Crippen LogP) is 4.21. The Hall–Kier alpha value is -3.50. The van der Waals surface area contributed by atoms with Crippen molar-refractivity contribution >= 4 is 11.7 Å². The van der Waals surface area contributed by atoms with Crippen LogP contribution in [0, 0.1) is 6.92 Å². The molecule has 7 nitrogen and oxygen atoms in total. The normalized spacial score (nSPS) is 20.7. The molecule has 1 aliphatic heterocycles. The molecule has 35 heavy (non-hydrogen) atoms. The number of halogens is 4. The minimum atomic E-state index is -4.48. The Morgan fingerprint density at radius 3 is 2.31 bits per heavy atom. The second kappa shape index (κ2) is 8.94. The summed E-state index contributed by atoms with van der Waals surface area (Å²) in [5.41, 5.74) is -0.460. The van der Waals surface area contributed by atoms with E-state index in [1.54, 1.807) is 38.9 Å². The average Bonchev–Trinajstić information content (AvgIpc) is 3.59. The Balaban J connectivity index is 1.29. The quantitative estimate of drug-likeness (QED) is 0.504. The number of amides is 1. The summed E-state index contributed by atoms with van der Waals surface area (Å²) in [7, 11) is 0. The van der Waals surface area contributed by atoms with Crippen LogP contribution in [0.2, 0.25) is 0 Å². The largest absolute Gasteiger partial charge is 0.417 e. The maximum Gasteiger partial charge on any atom is 0.417 e. The van der Waals surface area contributed by atoms with Gasteiger partial charge in [-0.3, -0.25) is 9.36 Å². The summed E-state index contributed by atoms with van der Waals surface area (Å²) in [6, 6.07) is 5.00. The van der Waals surface area contributed by atoms with Gasteiger partial charge in [-0.1, -0.05) is 0 Å². The minimum absolute atomic E-state index is 0.0166. The summed E-state index contributed by atoms with van der Waals surface area (Å²) in [5, 5.41) is 0. The van der Waals surface area contributed by atoms with Crippen LogP contribution in [0.4, 0.5) is 23.4 Å². The number of piperidine rings is 1. The molecule has 184 valence electrons. The molecule has 4 heterocycles. The maximum atomic E-state index is 15.4. The van der Waals surface area contributed by atoms with Crippen LogP contribution in [0.3, 0.4) is 0 Å². The fourth-order valence-corrected chi connectivity index (χ4v) is 4.52. The average molecular weight is 488 g/mol. The van der Waals surface area contributed by atoms with Gasteiger partial charge >= 0.3 is 6.18 Å². The van der Waals surface area contributed by atoms with Crippen molar-refractivity contribution in [2.75, 3.05) is 18.0 Å². The van der Waals surface area contributed by atoms with Crippen molar-refractivity contribution in [3.8, 4) is 5.82 Å². The van der Waals surface area contributed by atoms with Crippen molar-refractivity contribution in [2.45, 2.75) is 50.6 Å². The van der Waals surface area contributed by atoms with Crippen molar-refractivity contribution < 1.29 is 22.4 Å². The number of hydrogen-bond donors (Lipinski definition) is 0. The van der Waals surface area contributed by atoms with E-state index in [2.05, 4.69) is 15.0 Å². The molecule has 5 rings (SSSR count). The summed E-state index contributed by atoms with van der Waals surface area (Å²) >= 11 is 0. The van der Waals surface area contributed by atoms with E-state index in [1.807, 2.05) is 6.92 Å². The van der Waals surface area contributed by atoms with Crippen molar-refractivity contribution in [3.05, 3.63) is 66.0 Å². The van der Waals surface area contributed by atoms with Gasteiger partial charge in [0.05, 0.1) is 23.7 Å². The molecule has 1 saturated carbocycles. The number of alkyl halides is 4. The number of imidazole rings is 1. The predicted molar refractivity (Wildman–Crippen MR) is 120 cm³/mol. The van der Waals surface area contributed by atoms with Gasteiger partial charge in [-0.25, -0.2) is 19.3 Å². The summed E-state index contributed by atoms with van der Waals surface area (Å²) in [6.45, 7) is 2.19. The molecule has 3 aromatic rings. The minimum Gasteiger partial charge on any atom is -0.354 e. The second-order valence-electron chi connectivity index (χ2n) is 8.91. The highest BCUT2D eigenvalue weighted by atomic mass is 19.4. The van der Waals surface area contributed by atoms with Gasteiger partial charge in [0.15, 0.2) is 0 Å². The van der Waals surface area contributed by atoms with Gasteiger partial charge in [0, 0.05) is 37.4 Å². The molecule has 2 atom stereocenters. The van der Waals surface area contributed by atoms with Crippen LogP contribution < -0.4 is 4.90 Å². The van der Waals surface area contributed by atoms with Gasteiger partial charge in [-0.2, -0.15) is 13.2 Å². The van der Waals surface area contributed by atoms with Crippen molar-refractivity contribution in [1.29, 1.82) is 0 Å². The van der Waals surface area contributed by atoms with E-state index < -0.39 is 24.0 Å². The third kappa shape index (κ3) is 4.71. The molecule has 0 N–H and O–H groups in total. The Morgan fingerprint density at radius 1 is 1.03 bits per heavy atom. The standard InChI is InChI=1S/C24H24F4N6O/c1-15-29-9-11-33(15)22-6-2-16(12-30-22)23(35)34(18-4-5-18)20-8-10-32(14-19(20)25)21-7-3-17(13-31-21)24(26,27)28/h2-3,6-7,9,11-13,18-20H,4-5,8,10,14H2,1H3/t19-,20+/m0/s1. The van der Waals surface area contributed by atoms with Crippen LogP contribution in [-0.4, -0.2) is 61.7 Å². The van der Waals surface area contributed by atoms with E-state index in [0.717, 1.165) is 30.9 Å². The lowest BCUT2D eigenvalue weighted by Gasteiger charge is -2.41.